The molecule has 0 bridgehead atoms. The monoisotopic (exact) mass is 543 g/mol. The van der Waals surface area contributed by atoms with Crippen molar-refractivity contribution in [1.82, 2.24) is 20.2 Å². The maximum Gasteiger partial charge on any atom is 0.404 e. The number of nitrogens with one attached hydrogen (secondary N) is 2. The lowest BCUT2D eigenvalue weighted by molar-refractivity contribution is 0.0948. The molecule has 1 fully saturated rings. The number of nitrogens with zero attached hydrogens (tertiary/aromatic N) is 3. The highest BCUT2D eigenvalue weighted by Gasteiger charge is 2.29. The van der Waals surface area contributed by atoms with Gasteiger partial charge in [0.15, 0.2) is 0 Å². The Morgan fingerprint density at radius 2 is 2.17 bits per heavy atom. The Balaban J connectivity index is 1.99. The van der Waals surface area contributed by atoms with Crippen LogP contribution in [0.1, 0.15) is 28.9 Å². The summed E-state index contributed by atoms with van der Waals surface area (Å²) in [5.74, 6) is 0.377. The number of hydrogen-bond donors (Lipinski definition) is 3. The quantitative estimate of drug-likeness (QED) is 0.368. The summed E-state index contributed by atoms with van der Waals surface area (Å²) in [7, 11) is 0. The molecule has 0 spiro atoms. The Labute approximate surface area is 193 Å². The SMILES string of the molecule is C=CCNC(=O)c1c(I)nc(N2CCC[C@@H](NC(=O)O)C2)n1Cc1ccccc1Cl. The van der Waals surface area contributed by atoms with E-state index in [1.165, 1.54) is 0 Å². The van der Waals surface area contributed by atoms with Gasteiger partial charge in [0, 0.05) is 30.7 Å². The molecule has 0 saturated carbocycles. The van der Waals surface area contributed by atoms with E-state index in [1.54, 1.807) is 6.08 Å². The molecule has 160 valence electrons. The molecular formula is C20H23ClIN5O3. The van der Waals surface area contributed by atoms with Gasteiger partial charge in [-0.15, -0.1) is 6.58 Å². The van der Waals surface area contributed by atoms with Gasteiger partial charge < -0.3 is 25.2 Å². The van der Waals surface area contributed by atoms with Gasteiger partial charge in [0.1, 0.15) is 9.39 Å². The van der Waals surface area contributed by atoms with Crippen LogP contribution in [-0.4, -0.2) is 52.3 Å². The van der Waals surface area contributed by atoms with Gasteiger partial charge in [0.25, 0.3) is 5.91 Å². The fourth-order valence-electron chi connectivity index (χ4n) is 3.52. The van der Waals surface area contributed by atoms with Crippen LogP contribution in [-0.2, 0) is 6.54 Å². The topological polar surface area (TPSA) is 99.5 Å². The Morgan fingerprint density at radius 3 is 2.87 bits per heavy atom. The van der Waals surface area contributed by atoms with Crippen LogP contribution in [0.3, 0.4) is 0 Å². The van der Waals surface area contributed by atoms with Gasteiger partial charge in [0.05, 0.1) is 6.54 Å². The van der Waals surface area contributed by atoms with Crippen molar-refractivity contribution in [3.8, 4) is 0 Å². The predicted molar refractivity (Wildman–Crippen MR) is 124 cm³/mol. The van der Waals surface area contributed by atoms with Crippen molar-refractivity contribution in [2.45, 2.75) is 25.4 Å². The van der Waals surface area contributed by atoms with E-state index >= 15 is 0 Å². The van der Waals surface area contributed by atoms with Crippen molar-refractivity contribution >= 4 is 52.1 Å². The van der Waals surface area contributed by atoms with Gasteiger partial charge in [-0.2, -0.15) is 0 Å². The van der Waals surface area contributed by atoms with Crippen LogP contribution in [0.4, 0.5) is 10.7 Å². The number of imidazole rings is 1. The number of hydrogen-bond acceptors (Lipinski definition) is 4. The minimum atomic E-state index is -1.04. The number of rotatable bonds is 7. The maximum atomic E-state index is 12.9. The van der Waals surface area contributed by atoms with Crippen LogP contribution in [0.2, 0.25) is 5.02 Å². The Hall–Kier alpha value is -2.27. The summed E-state index contributed by atoms with van der Waals surface area (Å²) in [5.41, 5.74) is 1.31. The van der Waals surface area contributed by atoms with Gasteiger partial charge in [-0.3, -0.25) is 4.79 Å². The molecule has 1 aliphatic heterocycles. The summed E-state index contributed by atoms with van der Waals surface area (Å²) >= 11 is 8.44. The number of anilines is 1. The fourth-order valence-corrected chi connectivity index (χ4v) is 4.46. The van der Waals surface area contributed by atoms with E-state index in [-0.39, 0.29) is 11.9 Å². The molecule has 0 aliphatic carbocycles. The largest absolute Gasteiger partial charge is 0.465 e. The number of carboxylic acid groups (broad SMARTS) is 1. The standard InChI is InChI=1S/C20H23ClIN5O3/c1-2-9-23-18(28)16-17(22)25-19(26-10-5-7-14(12-26)24-20(29)30)27(16)11-13-6-3-4-8-15(13)21/h2-4,6,8,14,24H,1,5,7,9-12H2,(H,23,28)(H,29,30)/t14-/m1/s1. The van der Waals surface area contributed by atoms with Gasteiger partial charge in [-0.25, -0.2) is 9.78 Å². The summed E-state index contributed by atoms with van der Waals surface area (Å²) in [4.78, 5) is 30.6. The molecule has 1 atom stereocenters. The summed E-state index contributed by atoms with van der Waals surface area (Å²) in [6, 6.07) is 7.28. The highest BCUT2D eigenvalue weighted by molar-refractivity contribution is 14.1. The third kappa shape index (κ3) is 5.25. The van der Waals surface area contributed by atoms with Gasteiger partial charge in [-0.05, 0) is 47.1 Å². The third-order valence-electron chi connectivity index (χ3n) is 4.85. The molecule has 3 N–H and O–H groups in total. The number of piperidine rings is 1. The lowest BCUT2D eigenvalue weighted by atomic mass is 10.1. The van der Waals surface area contributed by atoms with Crippen molar-refractivity contribution in [1.29, 1.82) is 0 Å². The molecular weight excluding hydrogens is 521 g/mol. The van der Waals surface area contributed by atoms with Crippen molar-refractivity contribution in [3.05, 3.63) is 56.9 Å². The molecule has 8 nitrogen and oxygen atoms in total. The average Bonchev–Trinajstić information content (AvgIpc) is 3.03. The van der Waals surface area contributed by atoms with E-state index in [0.717, 1.165) is 24.9 Å². The van der Waals surface area contributed by atoms with E-state index < -0.39 is 6.09 Å². The molecule has 0 unspecified atom stereocenters. The molecule has 2 aromatic rings. The van der Waals surface area contributed by atoms with Gasteiger partial charge in [0.2, 0.25) is 5.95 Å². The van der Waals surface area contributed by atoms with Crippen molar-refractivity contribution in [2.24, 2.45) is 0 Å². The first kappa shape index (κ1) is 22.4. The first-order valence-electron chi connectivity index (χ1n) is 9.53. The number of carbonyl (C=O) groups excluding carboxylic acids is 1. The minimum Gasteiger partial charge on any atom is -0.465 e. The Morgan fingerprint density at radius 1 is 1.40 bits per heavy atom. The molecule has 30 heavy (non-hydrogen) atoms. The zero-order chi connectivity index (χ0) is 21.7. The number of halogens is 2. The predicted octanol–water partition coefficient (Wildman–Crippen LogP) is 3.34. The van der Waals surface area contributed by atoms with Gasteiger partial charge >= 0.3 is 6.09 Å². The lowest BCUT2D eigenvalue weighted by Gasteiger charge is -2.33. The van der Waals surface area contributed by atoms with E-state index in [2.05, 4.69) is 44.8 Å². The zero-order valence-corrected chi connectivity index (χ0v) is 19.2. The lowest BCUT2D eigenvalue weighted by Crippen LogP contribution is -2.48. The van der Waals surface area contributed by atoms with Crippen LogP contribution < -0.4 is 15.5 Å². The maximum absolute atomic E-state index is 12.9. The number of aromatic nitrogens is 2. The Bertz CT molecular complexity index is 949. The van der Waals surface area contributed by atoms with Crippen LogP contribution in [0.15, 0.2) is 36.9 Å². The molecule has 10 heteroatoms. The summed E-state index contributed by atoms with van der Waals surface area (Å²) in [6.45, 7) is 5.56. The number of carbonyl (C=O) groups is 2. The van der Waals surface area contributed by atoms with Crippen LogP contribution in [0, 0.1) is 3.70 Å². The molecule has 1 aromatic carbocycles. The second-order valence-corrected chi connectivity index (χ2v) is 8.39. The number of amides is 2. The summed E-state index contributed by atoms with van der Waals surface area (Å²) in [6.07, 6.45) is 2.16. The molecule has 1 aliphatic rings. The number of benzene rings is 1. The molecule has 1 aromatic heterocycles. The molecule has 2 amide bonds. The van der Waals surface area contributed by atoms with Crippen molar-refractivity contribution in [2.75, 3.05) is 24.5 Å². The van der Waals surface area contributed by atoms with E-state index in [0.29, 0.717) is 40.0 Å². The third-order valence-corrected chi connectivity index (χ3v) is 5.97. The average molecular weight is 544 g/mol. The summed E-state index contributed by atoms with van der Waals surface area (Å²) in [5, 5.41) is 15.1. The smallest absolute Gasteiger partial charge is 0.404 e. The van der Waals surface area contributed by atoms with Crippen LogP contribution in [0.5, 0.6) is 0 Å². The summed E-state index contributed by atoms with van der Waals surface area (Å²) < 4.78 is 2.43. The molecule has 0 radical (unpaired) electrons. The van der Waals surface area contributed by atoms with Crippen molar-refractivity contribution in [3.63, 3.8) is 0 Å². The zero-order valence-electron chi connectivity index (χ0n) is 16.3. The second-order valence-electron chi connectivity index (χ2n) is 6.96. The van der Waals surface area contributed by atoms with Crippen LogP contribution in [0.25, 0.3) is 0 Å². The highest BCUT2D eigenvalue weighted by atomic mass is 127. The van der Waals surface area contributed by atoms with E-state index in [4.69, 9.17) is 16.7 Å². The highest BCUT2D eigenvalue weighted by Crippen LogP contribution is 2.27. The fraction of sp³-hybridized carbons (Fsp3) is 0.350. The van der Waals surface area contributed by atoms with E-state index in [1.807, 2.05) is 33.7 Å². The van der Waals surface area contributed by atoms with Crippen molar-refractivity contribution < 1.29 is 14.7 Å². The normalized spacial score (nSPS) is 16.2. The van der Waals surface area contributed by atoms with Crippen LogP contribution >= 0.6 is 34.2 Å². The minimum absolute atomic E-state index is 0.197. The first-order chi connectivity index (χ1) is 14.4. The molecule has 2 heterocycles. The molecule has 3 rings (SSSR count). The second kappa shape index (κ2) is 10.2. The first-order valence-corrected chi connectivity index (χ1v) is 11.0. The molecule has 1 saturated heterocycles. The van der Waals surface area contributed by atoms with Gasteiger partial charge in [-0.1, -0.05) is 35.9 Å². The van der Waals surface area contributed by atoms with E-state index in [9.17, 15) is 9.59 Å². The Kier molecular flexibility index (Phi) is 7.59.